The molecule has 186 valence electrons. The number of anilines is 1. The molecule has 4 aliphatic carbocycles. The maximum Gasteiger partial charge on any atom is 0.260 e. The van der Waals surface area contributed by atoms with Crippen LogP contribution in [0.15, 0.2) is 23.0 Å². The van der Waals surface area contributed by atoms with Gasteiger partial charge in [0.2, 0.25) is 0 Å². The molecule has 0 amide bonds. The molecule has 0 aliphatic heterocycles. The van der Waals surface area contributed by atoms with Crippen LogP contribution in [0.1, 0.15) is 96.2 Å². The first-order valence-electron chi connectivity index (χ1n) is 14.1. The molecule has 1 aromatic carbocycles. The SMILES string of the molecule is CCCCc1nc2cccc(NCCCCCCCNC34CC5CC(CC(C5)C3)C4)c2c(=O)[nH]1. The highest BCUT2D eigenvalue weighted by molar-refractivity contribution is 5.90. The number of unbranched alkanes of at least 4 members (excludes halogenated alkanes) is 5. The summed E-state index contributed by atoms with van der Waals surface area (Å²) in [4.78, 5) is 20.3. The number of hydrogen-bond acceptors (Lipinski definition) is 4. The van der Waals surface area contributed by atoms with E-state index in [0.29, 0.717) is 10.9 Å². The highest BCUT2D eigenvalue weighted by Crippen LogP contribution is 2.55. The maximum atomic E-state index is 12.7. The third-order valence-corrected chi connectivity index (χ3v) is 8.76. The molecular weight excluding hydrogens is 420 g/mol. The highest BCUT2D eigenvalue weighted by Gasteiger charge is 2.50. The summed E-state index contributed by atoms with van der Waals surface area (Å²) < 4.78 is 0. The number of nitrogens with zero attached hydrogens (tertiary/aromatic N) is 1. The minimum atomic E-state index is -0.0225. The van der Waals surface area contributed by atoms with E-state index in [4.69, 9.17) is 0 Å². The fourth-order valence-corrected chi connectivity index (χ4v) is 7.53. The average molecular weight is 465 g/mol. The van der Waals surface area contributed by atoms with Gasteiger partial charge in [0.15, 0.2) is 0 Å². The predicted octanol–water partition coefficient (Wildman–Crippen LogP) is 6.19. The Labute approximate surface area is 204 Å². The second-order valence-corrected chi connectivity index (χ2v) is 11.6. The normalized spacial score (nSPS) is 27.5. The van der Waals surface area contributed by atoms with E-state index in [2.05, 4.69) is 27.5 Å². The Morgan fingerprint density at radius 3 is 2.32 bits per heavy atom. The monoisotopic (exact) mass is 464 g/mol. The molecule has 2 aromatic rings. The van der Waals surface area contributed by atoms with Crippen molar-refractivity contribution >= 4 is 16.6 Å². The Morgan fingerprint density at radius 1 is 0.941 bits per heavy atom. The van der Waals surface area contributed by atoms with E-state index in [1.165, 1.54) is 70.8 Å². The highest BCUT2D eigenvalue weighted by atomic mass is 16.1. The van der Waals surface area contributed by atoms with Gasteiger partial charge >= 0.3 is 0 Å². The van der Waals surface area contributed by atoms with Crippen LogP contribution in [0.5, 0.6) is 0 Å². The first-order valence-corrected chi connectivity index (χ1v) is 14.1. The Balaban J connectivity index is 0.997. The molecule has 5 nitrogen and oxygen atoms in total. The summed E-state index contributed by atoms with van der Waals surface area (Å²) >= 11 is 0. The molecule has 0 unspecified atom stereocenters. The van der Waals surface area contributed by atoms with E-state index in [1.54, 1.807) is 0 Å². The molecule has 1 heterocycles. The lowest BCUT2D eigenvalue weighted by Gasteiger charge is -2.57. The first-order chi connectivity index (χ1) is 16.6. The van der Waals surface area contributed by atoms with Crippen LogP contribution in [-0.4, -0.2) is 28.6 Å². The van der Waals surface area contributed by atoms with Crippen LogP contribution in [0.25, 0.3) is 10.9 Å². The molecule has 4 saturated carbocycles. The van der Waals surface area contributed by atoms with Crippen LogP contribution < -0.4 is 16.2 Å². The van der Waals surface area contributed by atoms with E-state index in [9.17, 15) is 4.79 Å². The van der Waals surface area contributed by atoms with E-state index in [1.807, 2.05) is 18.2 Å². The molecule has 1 aromatic heterocycles. The first kappa shape index (κ1) is 23.8. The van der Waals surface area contributed by atoms with Crippen molar-refractivity contribution < 1.29 is 0 Å². The zero-order chi connectivity index (χ0) is 23.4. The maximum absolute atomic E-state index is 12.7. The number of rotatable bonds is 13. The van der Waals surface area contributed by atoms with Gasteiger partial charge < -0.3 is 15.6 Å². The molecule has 0 radical (unpaired) electrons. The van der Waals surface area contributed by atoms with E-state index < -0.39 is 0 Å². The van der Waals surface area contributed by atoms with Gasteiger partial charge in [-0.25, -0.2) is 4.98 Å². The molecule has 5 heteroatoms. The van der Waals surface area contributed by atoms with Crippen LogP contribution in [0.3, 0.4) is 0 Å². The van der Waals surface area contributed by atoms with Crippen molar-refractivity contribution in [2.24, 2.45) is 17.8 Å². The van der Waals surface area contributed by atoms with Crippen LogP contribution >= 0.6 is 0 Å². The third-order valence-electron chi connectivity index (χ3n) is 8.76. The molecule has 34 heavy (non-hydrogen) atoms. The lowest BCUT2D eigenvalue weighted by molar-refractivity contribution is -0.0196. The van der Waals surface area contributed by atoms with E-state index in [0.717, 1.165) is 67.0 Å². The number of aromatic nitrogens is 2. The third kappa shape index (κ3) is 5.50. The van der Waals surface area contributed by atoms with Crippen molar-refractivity contribution in [3.8, 4) is 0 Å². The number of aromatic amines is 1. The summed E-state index contributed by atoms with van der Waals surface area (Å²) in [6.45, 7) is 4.26. The van der Waals surface area contributed by atoms with Crippen molar-refractivity contribution in [2.75, 3.05) is 18.4 Å². The number of hydrogen-bond donors (Lipinski definition) is 3. The van der Waals surface area contributed by atoms with Gasteiger partial charge in [0.25, 0.3) is 5.56 Å². The van der Waals surface area contributed by atoms with Crippen molar-refractivity contribution in [3.63, 3.8) is 0 Å². The van der Waals surface area contributed by atoms with Crippen molar-refractivity contribution in [2.45, 2.75) is 102 Å². The fourth-order valence-electron chi connectivity index (χ4n) is 7.53. The number of H-pyrrole nitrogens is 1. The lowest BCUT2D eigenvalue weighted by atomic mass is 9.53. The van der Waals surface area contributed by atoms with Crippen molar-refractivity contribution in [3.05, 3.63) is 34.4 Å². The minimum absolute atomic E-state index is 0.0225. The van der Waals surface area contributed by atoms with Gasteiger partial charge in [0, 0.05) is 24.2 Å². The van der Waals surface area contributed by atoms with E-state index in [-0.39, 0.29) is 5.56 Å². The summed E-state index contributed by atoms with van der Waals surface area (Å²) in [5.74, 6) is 3.89. The zero-order valence-electron chi connectivity index (χ0n) is 21.1. The fraction of sp³-hybridized carbons (Fsp3) is 0.724. The Hall–Kier alpha value is -1.88. The molecule has 4 aliphatic rings. The summed E-state index contributed by atoms with van der Waals surface area (Å²) in [6.07, 6.45) is 18.2. The van der Waals surface area contributed by atoms with Crippen molar-refractivity contribution in [1.29, 1.82) is 0 Å². The van der Waals surface area contributed by atoms with E-state index >= 15 is 0 Å². The molecular formula is C29H44N4O. The summed E-state index contributed by atoms with van der Waals surface area (Å²) in [5.41, 5.74) is 2.20. The second kappa shape index (κ2) is 10.8. The smallest absolute Gasteiger partial charge is 0.260 e. The summed E-state index contributed by atoms with van der Waals surface area (Å²) in [7, 11) is 0. The molecule has 6 rings (SSSR count). The van der Waals surface area contributed by atoms with Crippen LogP contribution in [0, 0.1) is 17.8 Å². The Morgan fingerprint density at radius 2 is 1.62 bits per heavy atom. The average Bonchev–Trinajstić information content (AvgIpc) is 2.80. The van der Waals surface area contributed by atoms with Gasteiger partial charge in [-0.2, -0.15) is 0 Å². The van der Waals surface area contributed by atoms with Crippen molar-refractivity contribution in [1.82, 2.24) is 15.3 Å². The quantitative estimate of drug-likeness (QED) is 0.309. The number of aryl methyl sites for hydroxylation is 1. The van der Waals surface area contributed by atoms with Crippen LogP contribution in [-0.2, 0) is 6.42 Å². The number of fused-ring (bicyclic) bond motifs is 1. The predicted molar refractivity (Wildman–Crippen MR) is 141 cm³/mol. The summed E-state index contributed by atoms with van der Waals surface area (Å²) in [6, 6.07) is 5.95. The largest absolute Gasteiger partial charge is 0.384 e. The zero-order valence-corrected chi connectivity index (χ0v) is 21.1. The topological polar surface area (TPSA) is 69.8 Å². The second-order valence-electron chi connectivity index (χ2n) is 11.6. The van der Waals surface area contributed by atoms with Crippen LogP contribution in [0.2, 0.25) is 0 Å². The number of benzene rings is 1. The van der Waals surface area contributed by atoms with Gasteiger partial charge in [0.1, 0.15) is 5.82 Å². The molecule has 0 saturated heterocycles. The molecule has 3 N–H and O–H groups in total. The molecule has 4 bridgehead atoms. The Bertz CT molecular complexity index is 978. The lowest BCUT2D eigenvalue weighted by Crippen LogP contribution is -2.58. The summed E-state index contributed by atoms with van der Waals surface area (Å²) in [5, 5.41) is 8.23. The van der Waals surface area contributed by atoms with Gasteiger partial charge in [-0.3, -0.25) is 4.79 Å². The minimum Gasteiger partial charge on any atom is -0.384 e. The molecule has 0 spiro atoms. The molecule has 0 atom stereocenters. The van der Waals surface area contributed by atoms with Gasteiger partial charge in [-0.1, -0.05) is 38.7 Å². The molecule has 4 fully saturated rings. The van der Waals surface area contributed by atoms with Gasteiger partial charge in [0.05, 0.1) is 10.9 Å². The van der Waals surface area contributed by atoms with Gasteiger partial charge in [-0.15, -0.1) is 0 Å². The van der Waals surface area contributed by atoms with Gasteiger partial charge in [-0.05, 0) is 94.2 Å². The van der Waals surface area contributed by atoms with Crippen LogP contribution in [0.4, 0.5) is 5.69 Å². The standard InChI is InChI=1S/C29H44N4O/c1-2-3-12-26-32-25-11-9-10-24(27(25)28(34)33-26)30-13-7-5-4-6-8-14-31-29-18-21-15-22(19-29)17-23(16-21)20-29/h9-11,21-23,30-31H,2-8,12-20H2,1H3,(H,32,33,34). The Kier molecular flexibility index (Phi) is 7.58. The number of nitrogens with one attached hydrogen (secondary N) is 3.